The van der Waals surface area contributed by atoms with Gasteiger partial charge in [0.15, 0.2) is 11.5 Å². The molecule has 4 rings (SSSR count). The number of fused-ring (bicyclic) bond motifs is 1. The van der Waals surface area contributed by atoms with Gasteiger partial charge >= 0.3 is 0 Å². The van der Waals surface area contributed by atoms with Crippen LogP contribution in [0.25, 0.3) is 11.3 Å². The maximum atomic E-state index is 13.0. The van der Waals surface area contributed by atoms with Crippen molar-refractivity contribution in [2.24, 2.45) is 0 Å². The monoisotopic (exact) mass is 325 g/mol. The summed E-state index contributed by atoms with van der Waals surface area (Å²) in [7, 11) is 0. The average molecular weight is 325 g/mol. The van der Waals surface area contributed by atoms with Crippen molar-refractivity contribution in [3.8, 4) is 22.8 Å². The van der Waals surface area contributed by atoms with E-state index in [0.29, 0.717) is 13.1 Å². The molecule has 122 valence electrons. The Morgan fingerprint density at radius 2 is 1.71 bits per heavy atom. The molecule has 5 heteroatoms. The molecule has 1 aliphatic rings. The molecule has 0 unspecified atom stereocenters. The van der Waals surface area contributed by atoms with E-state index in [0.717, 1.165) is 34.1 Å². The van der Waals surface area contributed by atoms with Crippen molar-refractivity contribution in [1.82, 2.24) is 5.32 Å². The van der Waals surface area contributed by atoms with Crippen LogP contribution in [-0.2, 0) is 13.1 Å². The number of rotatable bonds is 5. The summed E-state index contributed by atoms with van der Waals surface area (Å²) >= 11 is 0. The summed E-state index contributed by atoms with van der Waals surface area (Å²) in [4.78, 5) is 0. The Balaban J connectivity index is 1.36. The van der Waals surface area contributed by atoms with Crippen LogP contribution >= 0.6 is 0 Å². The van der Waals surface area contributed by atoms with Gasteiger partial charge in [-0.1, -0.05) is 6.07 Å². The maximum Gasteiger partial charge on any atom is 0.231 e. The zero-order valence-electron chi connectivity index (χ0n) is 12.9. The molecule has 0 fully saturated rings. The molecule has 2 heterocycles. The number of halogens is 1. The molecule has 0 aliphatic carbocycles. The van der Waals surface area contributed by atoms with Gasteiger partial charge in [0, 0.05) is 12.1 Å². The molecule has 1 aromatic heterocycles. The number of furan rings is 1. The van der Waals surface area contributed by atoms with Crippen molar-refractivity contribution >= 4 is 0 Å². The molecule has 3 aromatic rings. The van der Waals surface area contributed by atoms with E-state index in [1.54, 1.807) is 12.1 Å². The predicted molar refractivity (Wildman–Crippen MR) is 87.2 cm³/mol. The Morgan fingerprint density at radius 3 is 2.58 bits per heavy atom. The van der Waals surface area contributed by atoms with Gasteiger partial charge in [-0.15, -0.1) is 0 Å². The van der Waals surface area contributed by atoms with E-state index >= 15 is 0 Å². The van der Waals surface area contributed by atoms with Crippen molar-refractivity contribution in [1.29, 1.82) is 0 Å². The predicted octanol–water partition coefficient (Wildman–Crippen LogP) is 4.10. The summed E-state index contributed by atoms with van der Waals surface area (Å²) < 4.78 is 29.4. The van der Waals surface area contributed by atoms with E-state index < -0.39 is 0 Å². The van der Waals surface area contributed by atoms with Crippen LogP contribution < -0.4 is 14.8 Å². The van der Waals surface area contributed by atoms with Gasteiger partial charge < -0.3 is 19.2 Å². The Kier molecular flexibility index (Phi) is 3.92. The first-order valence-electron chi connectivity index (χ1n) is 7.72. The second-order valence-electron chi connectivity index (χ2n) is 5.56. The minimum Gasteiger partial charge on any atom is -0.460 e. The van der Waals surface area contributed by atoms with Gasteiger partial charge in [-0.25, -0.2) is 4.39 Å². The maximum absolute atomic E-state index is 13.0. The van der Waals surface area contributed by atoms with Crippen molar-refractivity contribution in [3.63, 3.8) is 0 Å². The minimum absolute atomic E-state index is 0.254. The summed E-state index contributed by atoms with van der Waals surface area (Å²) in [6, 6.07) is 16.0. The molecular weight excluding hydrogens is 309 g/mol. The lowest BCUT2D eigenvalue weighted by Crippen LogP contribution is -2.11. The van der Waals surface area contributed by atoms with Crippen molar-refractivity contribution in [2.75, 3.05) is 6.79 Å². The molecule has 0 radical (unpaired) electrons. The zero-order valence-corrected chi connectivity index (χ0v) is 12.9. The molecule has 0 atom stereocenters. The second kappa shape index (κ2) is 6.37. The Morgan fingerprint density at radius 1 is 0.875 bits per heavy atom. The average Bonchev–Trinajstić information content (AvgIpc) is 3.24. The number of benzene rings is 2. The van der Waals surface area contributed by atoms with Crippen LogP contribution in [-0.4, -0.2) is 6.79 Å². The van der Waals surface area contributed by atoms with Crippen molar-refractivity contribution in [3.05, 3.63) is 71.7 Å². The summed E-state index contributed by atoms with van der Waals surface area (Å²) in [6.07, 6.45) is 0. The van der Waals surface area contributed by atoms with Crippen LogP contribution in [0.1, 0.15) is 11.3 Å². The third-order valence-electron chi connectivity index (χ3n) is 3.86. The fourth-order valence-corrected chi connectivity index (χ4v) is 2.62. The molecule has 1 aliphatic heterocycles. The van der Waals surface area contributed by atoms with Gasteiger partial charge in [0.2, 0.25) is 6.79 Å². The van der Waals surface area contributed by atoms with Gasteiger partial charge in [-0.2, -0.15) is 0 Å². The van der Waals surface area contributed by atoms with E-state index in [1.807, 2.05) is 30.3 Å². The lowest BCUT2D eigenvalue weighted by molar-refractivity contribution is 0.174. The number of hydrogen-bond donors (Lipinski definition) is 1. The number of nitrogens with one attached hydrogen (secondary N) is 1. The first-order valence-corrected chi connectivity index (χ1v) is 7.72. The van der Waals surface area contributed by atoms with Crippen LogP contribution in [0.3, 0.4) is 0 Å². The van der Waals surface area contributed by atoms with Crippen LogP contribution in [0.5, 0.6) is 11.5 Å². The van der Waals surface area contributed by atoms with Crippen LogP contribution in [0.2, 0.25) is 0 Å². The van der Waals surface area contributed by atoms with Gasteiger partial charge in [0.05, 0.1) is 6.54 Å². The van der Waals surface area contributed by atoms with E-state index in [9.17, 15) is 4.39 Å². The highest BCUT2D eigenvalue weighted by Gasteiger charge is 2.13. The van der Waals surface area contributed by atoms with Crippen LogP contribution in [0.15, 0.2) is 59.0 Å². The van der Waals surface area contributed by atoms with E-state index in [-0.39, 0.29) is 12.6 Å². The van der Waals surface area contributed by atoms with E-state index in [2.05, 4.69) is 5.32 Å². The molecule has 0 amide bonds. The quantitative estimate of drug-likeness (QED) is 0.767. The fourth-order valence-electron chi connectivity index (χ4n) is 2.62. The topological polar surface area (TPSA) is 43.6 Å². The molecule has 4 nitrogen and oxygen atoms in total. The molecule has 0 saturated carbocycles. The third kappa shape index (κ3) is 3.12. The summed E-state index contributed by atoms with van der Waals surface area (Å²) in [5.41, 5.74) is 1.97. The summed E-state index contributed by atoms with van der Waals surface area (Å²) in [5, 5.41) is 3.33. The molecule has 24 heavy (non-hydrogen) atoms. The minimum atomic E-state index is -0.254. The smallest absolute Gasteiger partial charge is 0.231 e. The molecular formula is C19H16FNO3. The molecule has 1 N–H and O–H groups in total. The third-order valence-corrected chi connectivity index (χ3v) is 3.86. The first-order chi connectivity index (χ1) is 11.8. The first kappa shape index (κ1) is 14.8. The second-order valence-corrected chi connectivity index (χ2v) is 5.56. The van der Waals surface area contributed by atoms with Gasteiger partial charge in [0.25, 0.3) is 0 Å². The number of ether oxygens (including phenoxy) is 2. The molecule has 0 bridgehead atoms. The van der Waals surface area contributed by atoms with E-state index in [4.69, 9.17) is 13.9 Å². The lowest BCUT2D eigenvalue weighted by Gasteiger charge is -2.04. The standard InChI is InChI=1S/C19H16FNO3/c20-15-4-2-14(3-5-15)17-8-6-16(24-17)11-21-10-13-1-7-18-19(9-13)23-12-22-18/h1-9,21H,10-12H2. The van der Waals surface area contributed by atoms with Crippen LogP contribution in [0, 0.1) is 5.82 Å². The summed E-state index contributed by atoms with van der Waals surface area (Å²) in [6.45, 7) is 1.59. The fraction of sp³-hybridized carbons (Fsp3) is 0.158. The van der Waals surface area contributed by atoms with Gasteiger partial charge in [-0.05, 0) is 54.1 Å². The molecule has 0 spiro atoms. The van der Waals surface area contributed by atoms with Crippen molar-refractivity contribution < 1.29 is 18.3 Å². The largest absolute Gasteiger partial charge is 0.460 e. The summed E-state index contributed by atoms with van der Waals surface area (Å²) in [5.74, 6) is 2.88. The highest BCUT2D eigenvalue weighted by atomic mass is 19.1. The Hall–Kier alpha value is -2.79. The van der Waals surface area contributed by atoms with Gasteiger partial charge in [0.1, 0.15) is 17.3 Å². The van der Waals surface area contributed by atoms with Crippen LogP contribution in [0.4, 0.5) is 4.39 Å². The van der Waals surface area contributed by atoms with E-state index in [1.165, 1.54) is 12.1 Å². The highest BCUT2D eigenvalue weighted by Crippen LogP contribution is 2.32. The van der Waals surface area contributed by atoms with Gasteiger partial charge in [-0.3, -0.25) is 0 Å². The highest BCUT2D eigenvalue weighted by molar-refractivity contribution is 5.57. The van der Waals surface area contributed by atoms with Crippen molar-refractivity contribution in [2.45, 2.75) is 13.1 Å². The lowest BCUT2D eigenvalue weighted by atomic mass is 10.2. The SMILES string of the molecule is Fc1ccc(-c2ccc(CNCc3ccc4c(c3)OCO4)o2)cc1. The Bertz CT molecular complexity index is 842. The normalized spacial score (nSPS) is 12.5. The zero-order chi connectivity index (χ0) is 16.4. The Labute approximate surface area is 138 Å². The number of hydrogen-bond acceptors (Lipinski definition) is 4. The molecule has 0 saturated heterocycles. The molecule has 2 aromatic carbocycles.